The summed E-state index contributed by atoms with van der Waals surface area (Å²) in [5, 5.41) is 19.0. The Morgan fingerprint density at radius 1 is 0.600 bits per heavy atom. The van der Waals surface area contributed by atoms with E-state index in [1.165, 1.54) is 5.56 Å². The van der Waals surface area contributed by atoms with E-state index in [2.05, 4.69) is 78.6 Å². The predicted octanol–water partition coefficient (Wildman–Crippen LogP) is 8.05. The lowest BCUT2D eigenvalue weighted by Crippen LogP contribution is -2.10. The Balaban J connectivity index is 1.54. The maximum atomic E-state index is 9.52. The highest BCUT2D eigenvalue weighted by molar-refractivity contribution is 5.92. The zero-order valence-corrected chi connectivity index (χ0v) is 22.8. The van der Waals surface area contributed by atoms with Gasteiger partial charge in [0, 0.05) is 17.1 Å². The van der Waals surface area contributed by atoms with Crippen LogP contribution in [-0.4, -0.2) is 17.3 Å². The number of hydrogen-bond acceptors (Lipinski definition) is 4. The van der Waals surface area contributed by atoms with Crippen LogP contribution in [0.25, 0.3) is 11.6 Å². The molecule has 0 saturated carbocycles. The summed E-state index contributed by atoms with van der Waals surface area (Å²) in [6.07, 6.45) is 2.20. The lowest BCUT2D eigenvalue weighted by atomic mass is 9.94. The van der Waals surface area contributed by atoms with Gasteiger partial charge in [-0.25, -0.2) is 0 Å². The van der Waals surface area contributed by atoms with Crippen LogP contribution in [0.15, 0.2) is 121 Å². The quantitative estimate of drug-likeness (QED) is 0.190. The Morgan fingerprint density at radius 3 is 1.50 bits per heavy atom. The fourth-order valence-electron chi connectivity index (χ4n) is 4.67. The minimum Gasteiger partial charge on any atom is -0.497 e. The highest BCUT2D eigenvalue weighted by Crippen LogP contribution is 2.36. The van der Waals surface area contributed by atoms with Gasteiger partial charge in [-0.2, -0.15) is 0 Å². The molecule has 0 bridgehead atoms. The number of rotatable bonds is 9. The van der Waals surface area contributed by atoms with E-state index in [9.17, 15) is 10.2 Å². The summed E-state index contributed by atoms with van der Waals surface area (Å²) in [6.45, 7) is 2.13. The molecule has 5 aromatic rings. The van der Waals surface area contributed by atoms with Crippen molar-refractivity contribution in [2.45, 2.75) is 20.1 Å². The number of aryl methyl sites for hydroxylation is 1. The molecule has 5 rings (SSSR count). The van der Waals surface area contributed by atoms with Gasteiger partial charge in [-0.15, -0.1) is 0 Å². The van der Waals surface area contributed by atoms with Gasteiger partial charge in [0.2, 0.25) is 0 Å². The third kappa shape index (κ3) is 6.15. The molecule has 0 saturated heterocycles. The number of benzene rings is 5. The molecule has 0 fully saturated rings. The van der Waals surface area contributed by atoms with E-state index in [0.717, 1.165) is 56.2 Å². The largest absolute Gasteiger partial charge is 0.497 e. The average Bonchev–Trinajstić information content (AvgIpc) is 3.02. The molecule has 0 radical (unpaired) electrons. The predicted molar refractivity (Wildman–Crippen MR) is 164 cm³/mol. The molecule has 0 aliphatic heterocycles. The minimum atomic E-state index is 0.00981. The Morgan fingerprint density at radius 2 is 1.02 bits per heavy atom. The van der Waals surface area contributed by atoms with Crippen LogP contribution in [-0.2, 0) is 13.2 Å². The highest BCUT2D eigenvalue weighted by Gasteiger charge is 2.13. The van der Waals surface area contributed by atoms with Crippen LogP contribution in [0.2, 0.25) is 0 Å². The molecule has 0 atom stereocenters. The maximum Gasteiger partial charge on any atom is 0.119 e. The molecule has 0 aromatic heterocycles. The van der Waals surface area contributed by atoms with Crippen molar-refractivity contribution in [2.75, 3.05) is 12.0 Å². The Kier molecular flexibility index (Phi) is 8.41. The molecule has 0 heterocycles. The van der Waals surface area contributed by atoms with Gasteiger partial charge < -0.3 is 19.8 Å². The summed E-state index contributed by atoms with van der Waals surface area (Å²) < 4.78 is 5.37. The van der Waals surface area contributed by atoms with E-state index in [1.54, 1.807) is 7.11 Å². The molecule has 0 unspecified atom stereocenters. The van der Waals surface area contributed by atoms with Crippen LogP contribution in [0.1, 0.15) is 33.4 Å². The van der Waals surface area contributed by atoms with Gasteiger partial charge in [0.25, 0.3) is 0 Å². The second-order valence-corrected chi connectivity index (χ2v) is 9.73. The first kappa shape index (κ1) is 26.9. The third-order valence-corrected chi connectivity index (χ3v) is 6.98. The monoisotopic (exact) mass is 527 g/mol. The summed E-state index contributed by atoms with van der Waals surface area (Å²) in [5.41, 5.74) is 10.4. The van der Waals surface area contributed by atoms with Crippen LogP contribution in [0.5, 0.6) is 5.75 Å². The molecular formula is C36H33NO3. The molecule has 4 heteroatoms. The fraction of sp³-hybridized carbons (Fsp3) is 0.111. The molecular weight excluding hydrogens is 494 g/mol. The number of hydrogen-bond donors (Lipinski definition) is 2. The van der Waals surface area contributed by atoms with Crippen molar-refractivity contribution in [2.24, 2.45) is 0 Å². The third-order valence-electron chi connectivity index (χ3n) is 6.98. The van der Waals surface area contributed by atoms with Gasteiger partial charge in [0.05, 0.1) is 20.3 Å². The molecule has 0 aliphatic rings. The van der Waals surface area contributed by atoms with Gasteiger partial charge in [0.15, 0.2) is 0 Å². The Labute approximate surface area is 236 Å². The molecule has 5 aromatic carbocycles. The number of ether oxygens (including phenoxy) is 1. The normalized spacial score (nSPS) is 11.3. The molecule has 2 N–H and O–H groups in total. The molecule has 40 heavy (non-hydrogen) atoms. The molecule has 0 spiro atoms. The first-order chi connectivity index (χ1) is 19.6. The highest BCUT2D eigenvalue weighted by atomic mass is 16.5. The van der Waals surface area contributed by atoms with Crippen LogP contribution in [0, 0.1) is 6.92 Å². The maximum absolute atomic E-state index is 9.52. The lowest BCUT2D eigenvalue weighted by Gasteiger charge is -2.26. The number of anilines is 3. The van der Waals surface area contributed by atoms with Crippen LogP contribution in [0.4, 0.5) is 17.1 Å². The van der Waals surface area contributed by atoms with E-state index in [-0.39, 0.29) is 13.2 Å². The van der Waals surface area contributed by atoms with E-state index in [0.29, 0.717) is 0 Å². The van der Waals surface area contributed by atoms with Gasteiger partial charge in [-0.3, -0.25) is 0 Å². The molecule has 0 amide bonds. The zero-order valence-electron chi connectivity index (χ0n) is 22.8. The Hall–Kier alpha value is -4.64. The summed E-state index contributed by atoms with van der Waals surface area (Å²) in [4.78, 5) is 2.18. The van der Waals surface area contributed by atoms with Crippen LogP contribution in [0.3, 0.4) is 0 Å². The van der Waals surface area contributed by atoms with E-state index in [1.807, 2.05) is 60.7 Å². The van der Waals surface area contributed by atoms with Crippen molar-refractivity contribution in [3.05, 3.63) is 155 Å². The second-order valence-electron chi connectivity index (χ2n) is 9.73. The smallest absolute Gasteiger partial charge is 0.119 e. The summed E-state index contributed by atoms with van der Waals surface area (Å²) >= 11 is 0. The van der Waals surface area contributed by atoms with Gasteiger partial charge >= 0.3 is 0 Å². The van der Waals surface area contributed by atoms with Crippen LogP contribution < -0.4 is 9.64 Å². The number of aliphatic hydroxyl groups is 2. The van der Waals surface area contributed by atoms with Gasteiger partial charge in [-0.1, -0.05) is 78.4 Å². The first-order valence-electron chi connectivity index (χ1n) is 13.3. The van der Waals surface area contributed by atoms with Crippen LogP contribution >= 0.6 is 0 Å². The van der Waals surface area contributed by atoms with E-state index < -0.39 is 0 Å². The fourth-order valence-corrected chi connectivity index (χ4v) is 4.67. The standard InChI is InChI=1S/C36H33NO3/c1-26-3-11-30(12-4-26)36(31-13-5-28(24-38)6-14-31)23-27-7-15-32(16-8-27)37(33-17-9-29(25-39)10-18-33)34-19-21-35(40-2)22-20-34/h3-23,38-39H,24-25H2,1-2H3. The van der Waals surface area contributed by atoms with Gasteiger partial charge in [-0.05, 0) is 94.9 Å². The summed E-state index contributed by atoms with van der Waals surface area (Å²) in [5.74, 6) is 0.801. The molecule has 200 valence electrons. The van der Waals surface area contributed by atoms with Gasteiger partial charge in [0.1, 0.15) is 5.75 Å². The Bertz CT molecular complexity index is 1510. The zero-order chi connectivity index (χ0) is 27.9. The first-order valence-corrected chi connectivity index (χ1v) is 13.3. The molecule has 0 aliphatic carbocycles. The number of aliphatic hydroxyl groups excluding tert-OH is 2. The summed E-state index contributed by atoms with van der Waals surface area (Å²) in [6, 6.07) is 41.0. The van der Waals surface area contributed by atoms with E-state index >= 15 is 0 Å². The topological polar surface area (TPSA) is 52.9 Å². The van der Waals surface area contributed by atoms with Crippen molar-refractivity contribution in [1.29, 1.82) is 0 Å². The average molecular weight is 528 g/mol. The number of nitrogens with zero attached hydrogens (tertiary/aromatic N) is 1. The SMILES string of the molecule is COc1ccc(N(c2ccc(C=C(c3ccc(C)cc3)c3ccc(CO)cc3)cc2)c2ccc(CO)cc2)cc1. The lowest BCUT2D eigenvalue weighted by molar-refractivity contribution is 0.281. The minimum absolute atomic E-state index is 0.00981. The van der Waals surface area contributed by atoms with Crippen molar-refractivity contribution in [3.8, 4) is 5.75 Å². The number of methoxy groups -OCH3 is 1. The van der Waals surface area contributed by atoms with Crippen molar-refractivity contribution in [3.63, 3.8) is 0 Å². The van der Waals surface area contributed by atoms with Crippen molar-refractivity contribution in [1.82, 2.24) is 0 Å². The second kappa shape index (κ2) is 12.5. The molecule has 4 nitrogen and oxygen atoms in total. The summed E-state index contributed by atoms with van der Waals surface area (Å²) in [7, 11) is 1.67. The van der Waals surface area contributed by atoms with E-state index in [4.69, 9.17) is 4.74 Å². The van der Waals surface area contributed by atoms with Crippen molar-refractivity contribution >= 4 is 28.7 Å². The van der Waals surface area contributed by atoms with Crippen molar-refractivity contribution < 1.29 is 14.9 Å².